The first-order valence-electron chi connectivity index (χ1n) is 7.56. The SMILES string of the molecule is COc1ccccc1C1=C(Cl)C(=O)N(CCc2ccccc2)C1=O. The van der Waals surface area contributed by atoms with Gasteiger partial charge in [0.15, 0.2) is 0 Å². The van der Waals surface area contributed by atoms with Gasteiger partial charge in [0.1, 0.15) is 10.8 Å². The topological polar surface area (TPSA) is 46.6 Å². The minimum Gasteiger partial charge on any atom is -0.496 e. The summed E-state index contributed by atoms with van der Waals surface area (Å²) in [5.74, 6) is -0.333. The van der Waals surface area contributed by atoms with Crippen LogP contribution in [0, 0.1) is 0 Å². The maximum Gasteiger partial charge on any atom is 0.273 e. The number of benzene rings is 2. The normalized spacial score (nSPS) is 14.5. The molecule has 0 fully saturated rings. The largest absolute Gasteiger partial charge is 0.496 e. The summed E-state index contributed by atoms with van der Waals surface area (Å²) in [7, 11) is 1.52. The van der Waals surface area contributed by atoms with E-state index in [4.69, 9.17) is 16.3 Å². The third-order valence-electron chi connectivity index (χ3n) is 3.95. The molecular weight excluding hydrogens is 326 g/mol. The molecule has 0 bridgehead atoms. The van der Waals surface area contributed by atoms with E-state index in [1.807, 2.05) is 30.3 Å². The van der Waals surface area contributed by atoms with Gasteiger partial charge in [-0.05, 0) is 18.1 Å². The van der Waals surface area contributed by atoms with Crippen LogP contribution < -0.4 is 4.74 Å². The van der Waals surface area contributed by atoms with Crippen molar-refractivity contribution in [3.8, 4) is 5.75 Å². The summed E-state index contributed by atoms with van der Waals surface area (Å²) < 4.78 is 5.28. The molecule has 0 spiro atoms. The molecule has 4 nitrogen and oxygen atoms in total. The molecule has 0 aromatic heterocycles. The predicted molar refractivity (Wildman–Crippen MR) is 92.6 cm³/mol. The molecule has 0 saturated heterocycles. The van der Waals surface area contributed by atoms with Crippen LogP contribution in [0.4, 0.5) is 0 Å². The van der Waals surface area contributed by atoms with Crippen molar-refractivity contribution in [3.63, 3.8) is 0 Å². The fraction of sp³-hybridized carbons (Fsp3) is 0.158. The van der Waals surface area contributed by atoms with E-state index in [-0.39, 0.29) is 23.1 Å². The van der Waals surface area contributed by atoms with Gasteiger partial charge in [-0.1, -0.05) is 60.1 Å². The van der Waals surface area contributed by atoms with E-state index in [0.717, 1.165) is 5.56 Å². The molecule has 0 saturated carbocycles. The van der Waals surface area contributed by atoms with Gasteiger partial charge in [-0.25, -0.2) is 0 Å². The van der Waals surface area contributed by atoms with E-state index in [9.17, 15) is 9.59 Å². The summed E-state index contributed by atoms with van der Waals surface area (Å²) in [5.41, 5.74) is 1.79. The van der Waals surface area contributed by atoms with Gasteiger partial charge in [0, 0.05) is 12.1 Å². The number of carbonyl (C=O) groups excluding carboxylic acids is 2. The Hall–Kier alpha value is -2.59. The molecule has 0 aliphatic carbocycles. The molecule has 2 aromatic carbocycles. The number of rotatable bonds is 5. The molecule has 0 atom stereocenters. The van der Waals surface area contributed by atoms with Crippen LogP contribution >= 0.6 is 11.6 Å². The highest BCUT2D eigenvalue weighted by Gasteiger charge is 2.38. The average molecular weight is 342 g/mol. The van der Waals surface area contributed by atoms with Gasteiger partial charge in [-0.3, -0.25) is 14.5 Å². The van der Waals surface area contributed by atoms with Gasteiger partial charge in [0.25, 0.3) is 11.8 Å². The van der Waals surface area contributed by atoms with Gasteiger partial charge in [-0.2, -0.15) is 0 Å². The quantitative estimate of drug-likeness (QED) is 0.784. The Kier molecular flexibility index (Phi) is 4.67. The first kappa shape index (κ1) is 16.3. The third-order valence-corrected chi connectivity index (χ3v) is 4.31. The maximum atomic E-state index is 12.7. The van der Waals surface area contributed by atoms with Gasteiger partial charge in [0.05, 0.1) is 12.7 Å². The number of carbonyl (C=O) groups is 2. The van der Waals surface area contributed by atoms with E-state index in [1.165, 1.54) is 12.0 Å². The second kappa shape index (κ2) is 6.89. The molecule has 3 rings (SSSR count). The minimum absolute atomic E-state index is 0.0578. The highest BCUT2D eigenvalue weighted by molar-refractivity contribution is 6.55. The Balaban J connectivity index is 1.85. The molecule has 1 aliphatic rings. The lowest BCUT2D eigenvalue weighted by Gasteiger charge is -2.15. The molecule has 0 N–H and O–H groups in total. The van der Waals surface area contributed by atoms with Crippen molar-refractivity contribution in [1.82, 2.24) is 4.90 Å². The molecule has 2 amide bonds. The fourth-order valence-corrected chi connectivity index (χ4v) is 3.00. The number of nitrogens with zero attached hydrogens (tertiary/aromatic N) is 1. The number of hydrogen-bond acceptors (Lipinski definition) is 3. The number of hydrogen-bond donors (Lipinski definition) is 0. The third kappa shape index (κ3) is 2.93. The average Bonchev–Trinajstić information content (AvgIpc) is 2.83. The van der Waals surface area contributed by atoms with E-state index in [1.54, 1.807) is 24.3 Å². The zero-order valence-electron chi connectivity index (χ0n) is 13.2. The van der Waals surface area contributed by atoms with Crippen LogP contribution in [-0.2, 0) is 16.0 Å². The summed E-state index contributed by atoms with van der Waals surface area (Å²) in [6, 6.07) is 16.7. The van der Waals surface area contributed by atoms with Crippen molar-refractivity contribution in [2.24, 2.45) is 0 Å². The molecule has 1 heterocycles. The molecular formula is C19H16ClNO3. The lowest BCUT2D eigenvalue weighted by atomic mass is 10.0. The van der Waals surface area contributed by atoms with Crippen molar-refractivity contribution in [3.05, 3.63) is 70.8 Å². The number of imide groups is 1. The van der Waals surface area contributed by atoms with E-state index >= 15 is 0 Å². The molecule has 5 heteroatoms. The van der Waals surface area contributed by atoms with Crippen LogP contribution in [0.25, 0.3) is 5.57 Å². The zero-order valence-corrected chi connectivity index (χ0v) is 13.9. The van der Waals surface area contributed by atoms with Crippen LogP contribution in [0.15, 0.2) is 59.6 Å². The first-order chi connectivity index (χ1) is 11.6. The zero-order chi connectivity index (χ0) is 17.1. The number of para-hydroxylation sites is 1. The molecule has 24 heavy (non-hydrogen) atoms. The van der Waals surface area contributed by atoms with Gasteiger partial charge >= 0.3 is 0 Å². The van der Waals surface area contributed by atoms with Crippen molar-refractivity contribution in [2.45, 2.75) is 6.42 Å². The first-order valence-corrected chi connectivity index (χ1v) is 7.94. The molecule has 2 aromatic rings. The van der Waals surface area contributed by atoms with Gasteiger partial charge in [0.2, 0.25) is 0 Å². The monoisotopic (exact) mass is 341 g/mol. The summed E-state index contributed by atoms with van der Waals surface area (Å²) in [4.78, 5) is 26.3. The second-order valence-electron chi connectivity index (χ2n) is 5.39. The van der Waals surface area contributed by atoms with Crippen molar-refractivity contribution in [2.75, 3.05) is 13.7 Å². The Morgan fingerprint density at radius 3 is 2.33 bits per heavy atom. The van der Waals surface area contributed by atoms with Crippen LogP contribution in [-0.4, -0.2) is 30.4 Å². The van der Waals surface area contributed by atoms with Crippen LogP contribution in [0.5, 0.6) is 5.75 Å². The molecule has 1 aliphatic heterocycles. The number of methoxy groups -OCH3 is 1. The lowest BCUT2D eigenvalue weighted by molar-refractivity contribution is -0.136. The Labute approximate surface area is 145 Å². The van der Waals surface area contributed by atoms with E-state index < -0.39 is 5.91 Å². The highest BCUT2D eigenvalue weighted by atomic mass is 35.5. The summed E-state index contributed by atoms with van der Waals surface area (Å²) >= 11 is 6.18. The minimum atomic E-state index is -0.460. The van der Waals surface area contributed by atoms with Crippen molar-refractivity contribution >= 4 is 29.0 Å². The van der Waals surface area contributed by atoms with E-state index in [2.05, 4.69) is 0 Å². The van der Waals surface area contributed by atoms with Gasteiger partial charge in [-0.15, -0.1) is 0 Å². The number of amides is 2. The number of halogens is 1. The smallest absolute Gasteiger partial charge is 0.273 e. The summed E-state index contributed by atoms with van der Waals surface area (Å²) in [6.45, 7) is 0.288. The Morgan fingerprint density at radius 1 is 0.958 bits per heavy atom. The van der Waals surface area contributed by atoms with Crippen LogP contribution in [0.3, 0.4) is 0 Å². The molecule has 122 valence electrons. The number of ether oxygens (including phenoxy) is 1. The standard InChI is InChI=1S/C19H16ClNO3/c1-24-15-10-6-5-9-14(15)16-17(20)19(23)21(18(16)22)12-11-13-7-3-2-4-8-13/h2-10H,11-12H2,1H3. The predicted octanol–water partition coefficient (Wildman–Crippen LogP) is 3.26. The second-order valence-corrected chi connectivity index (χ2v) is 5.76. The highest BCUT2D eigenvalue weighted by Crippen LogP contribution is 2.36. The van der Waals surface area contributed by atoms with Crippen molar-refractivity contribution in [1.29, 1.82) is 0 Å². The molecule has 0 radical (unpaired) electrons. The fourth-order valence-electron chi connectivity index (χ4n) is 2.72. The van der Waals surface area contributed by atoms with Crippen molar-refractivity contribution < 1.29 is 14.3 Å². The van der Waals surface area contributed by atoms with Crippen LogP contribution in [0.1, 0.15) is 11.1 Å². The summed E-state index contributed by atoms with van der Waals surface area (Å²) in [5, 5.41) is -0.0578. The Bertz CT molecular complexity index is 814. The van der Waals surface area contributed by atoms with Gasteiger partial charge < -0.3 is 4.74 Å². The van der Waals surface area contributed by atoms with E-state index in [0.29, 0.717) is 17.7 Å². The Morgan fingerprint density at radius 2 is 1.62 bits per heavy atom. The lowest BCUT2D eigenvalue weighted by Crippen LogP contribution is -2.33. The summed E-state index contributed by atoms with van der Waals surface area (Å²) in [6.07, 6.45) is 0.585. The van der Waals surface area contributed by atoms with Crippen LogP contribution in [0.2, 0.25) is 0 Å². The molecule has 0 unspecified atom stereocenters. The maximum absolute atomic E-state index is 12.7.